The van der Waals surface area contributed by atoms with Gasteiger partial charge in [0.25, 0.3) is 5.22 Å². The Morgan fingerprint density at radius 2 is 1.91 bits per heavy atom. The number of carbonyl (C=O) groups excluding carboxylic acids is 1. The first-order chi connectivity index (χ1) is 15.3. The Labute approximate surface area is 192 Å². The highest BCUT2D eigenvalue weighted by molar-refractivity contribution is 7.99. The first-order valence-corrected chi connectivity index (χ1v) is 11.2. The molecule has 0 atom stereocenters. The van der Waals surface area contributed by atoms with E-state index in [0.717, 1.165) is 35.2 Å². The average molecular weight is 497 g/mol. The number of hydrogen-bond donors (Lipinski definition) is 1. The number of carbonyl (C=O) groups is 1. The van der Waals surface area contributed by atoms with Crippen LogP contribution in [0.15, 0.2) is 63.6 Å². The number of thiazole rings is 1. The van der Waals surface area contributed by atoms with E-state index in [1.807, 2.05) is 0 Å². The Hall–Kier alpha value is -2.89. The molecule has 0 aliphatic rings. The van der Waals surface area contributed by atoms with Gasteiger partial charge in [-0.3, -0.25) is 4.79 Å². The molecule has 0 aliphatic carbocycles. The minimum absolute atomic E-state index is 0.0132. The van der Waals surface area contributed by atoms with Crippen LogP contribution < -0.4 is 5.32 Å². The van der Waals surface area contributed by atoms with Crippen LogP contribution >= 0.6 is 34.7 Å². The van der Waals surface area contributed by atoms with Crippen LogP contribution in [0.1, 0.15) is 5.56 Å². The fraction of sp³-hybridized carbons (Fsp3) is 0.100. The van der Waals surface area contributed by atoms with E-state index in [4.69, 9.17) is 16.0 Å². The number of hydrogen-bond acceptors (Lipinski definition) is 7. The maximum Gasteiger partial charge on any atom is 0.416 e. The number of benzene rings is 2. The molecule has 164 valence electrons. The lowest BCUT2D eigenvalue weighted by atomic mass is 10.1. The van der Waals surface area contributed by atoms with Crippen molar-refractivity contribution in [3.63, 3.8) is 0 Å². The van der Waals surface area contributed by atoms with Gasteiger partial charge in [-0.05, 0) is 36.4 Å². The molecule has 2 aromatic carbocycles. The van der Waals surface area contributed by atoms with Gasteiger partial charge < -0.3 is 9.73 Å². The predicted molar refractivity (Wildman–Crippen MR) is 117 cm³/mol. The molecule has 0 fully saturated rings. The van der Waals surface area contributed by atoms with Gasteiger partial charge in [-0.15, -0.1) is 21.5 Å². The lowest BCUT2D eigenvalue weighted by Gasteiger charge is -2.07. The van der Waals surface area contributed by atoms with E-state index >= 15 is 0 Å². The van der Waals surface area contributed by atoms with E-state index in [2.05, 4.69) is 20.5 Å². The highest BCUT2D eigenvalue weighted by Crippen LogP contribution is 2.33. The quantitative estimate of drug-likeness (QED) is 0.317. The lowest BCUT2D eigenvalue weighted by Crippen LogP contribution is -2.13. The number of alkyl halides is 3. The molecule has 0 bridgehead atoms. The molecule has 32 heavy (non-hydrogen) atoms. The molecule has 1 amide bonds. The zero-order valence-corrected chi connectivity index (χ0v) is 18.3. The molecule has 0 radical (unpaired) electrons. The van der Waals surface area contributed by atoms with E-state index in [-0.39, 0.29) is 22.0 Å². The topological polar surface area (TPSA) is 80.9 Å². The maximum absolute atomic E-state index is 12.9. The normalized spacial score (nSPS) is 11.5. The summed E-state index contributed by atoms with van der Waals surface area (Å²) in [5, 5.41) is 13.1. The highest BCUT2D eigenvalue weighted by atomic mass is 35.5. The molecular formula is C20H12ClF3N4O2S2. The molecule has 4 aromatic rings. The van der Waals surface area contributed by atoms with Crippen LogP contribution in [0.5, 0.6) is 0 Å². The average Bonchev–Trinajstić information content (AvgIpc) is 3.42. The van der Waals surface area contributed by atoms with E-state index < -0.39 is 11.7 Å². The zero-order valence-electron chi connectivity index (χ0n) is 15.9. The highest BCUT2D eigenvalue weighted by Gasteiger charge is 2.30. The van der Waals surface area contributed by atoms with Crippen molar-refractivity contribution in [1.29, 1.82) is 0 Å². The van der Waals surface area contributed by atoms with Gasteiger partial charge in [0, 0.05) is 21.5 Å². The third kappa shape index (κ3) is 5.47. The third-order valence-electron chi connectivity index (χ3n) is 4.06. The summed E-state index contributed by atoms with van der Waals surface area (Å²) < 4.78 is 44.2. The minimum Gasteiger partial charge on any atom is -0.411 e. The second-order valence-corrected chi connectivity index (χ2v) is 8.55. The Balaban J connectivity index is 1.35. The van der Waals surface area contributed by atoms with Crippen LogP contribution in [0.3, 0.4) is 0 Å². The summed E-state index contributed by atoms with van der Waals surface area (Å²) in [7, 11) is 0. The molecule has 0 unspecified atom stereocenters. The van der Waals surface area contributed by atoms with Gasteiger partial charge in [-0.2, -0.15) is 13.2 Å². The van der Waals surface area contributed by atoms with Crippen molar-refractivity contribution in [2.24, 2.45) is 0 Å². The summed E-state index contributed by atoms with van der Waals surface area (Å²) in [5.74, 6) is -0.0813. The van der Waals surface area contributed by atoms with Gasteiger partial charge in [0.05, 0.1) is 17.0 Å². The monoisotopic (exact) mass is 496 g/mol. The molecule has 4 rings (SSSR count). The van der Waals surface area contributed by atoms with Gasteiger partial charge >= 0.3 is 6.18 Å². The number of nitrogens with zero attached hydrogens (tertiary/aromatic N) is 3. The van der Waals surface area contributed by atoms with Gasteiger partial charge in [-0.1, -0.05) is 35.5 Å². The van der Waals surface area contributed by atoms with E-state index in [0.29, 0.717) is 27.7 Å². The first-order valence-electron chi connectivity index (χ1n) is 8.93. The summed E-state index contributed by atoms with van der Waals surface area (Å²) >= 11 is 8.01. The molecule has 2 aromatic heterocycles. The Bertz CT molecular complexity index is 1240. The number of aromatic nitrogens is 3. The van der Waals surface area contributed by atoms with Crippen molar-refractivity contribution >= 4 is 45.7 Å². The molecule has 0 saturated carbocycles. The number of rotatable bonds is 6. The summed E-state index contributed by atoms with van der Waals surface area (Å²) in [4.78, 5) is 16.4. The van der Waals surface area contributed by atoms with Gasteiger partial charge in [0.2, 0.25) is 11.8 Å². The molecule has 0 spiro atoms. The van der Waals surface area contributed by atoms with Crippen molar-refractivity contribution in [2.75, 3.05) is 11.1 Å². The molecule has 6 nitrogen and oxygen atoms in total. The number of halogens is 4. The molecule has 0 aliphatic heterocycles. The van der Waals surface area contributed by atoms with Crippen LogP contribution in [-0.2, 0) is 11.0 Å². The summed E-state index contributed by atoms with van der Waals surface area (Å²) in [5.41, 5.74) is 0.589. The van der Waals surface area contributed by atoms with E-state index in [9.17, 15) is 18.0 Å². The van der Waals surface area contributed by atoms with Gasteiger partial charge in [-0.25, -0.2) is 4.98 Å². The van der Waals surface area contributed by atoms with Crippen LogP contribution in [0.4, 0.5) is 18.3 Å². The van der Waals surface area contributed by atoms with Crippen molar-refractivity contribution in [3.8, 4) is 22.7 Å². The fourth-order valence-corrected chi connectivity index (χ4v) is 4.00. The Morgan fingerprint density at radius 3 is 2.66 bits per heavy atom. The number of nitrogens with one attached hydrogen (secondary N) is 1. The summed E-state index contributed by atoms with van der Waals surface area (Å²) in [6.45, 7) is 0. The van der Waals surface area contributed by atoms with Gasteiger partial charge in [0.1, 0.15) is 0 Å². The molecule has 1 N–H and O–H groups in total. The number of amides is 1. The molecule has 12 heteroatoms. The molecular weight excluding hydrogens is 485 g/mol. The molecule has 2 heterocycles. The number of thioether (sulfide) groups is 1. The van der Waals surface area contributed by atoms with Crippen molar-refractivity contribution in [3.05, 3.63) is 64.5 Å². The Morgan fingerprint density at radius 1 is 1.12 bits per heavy atom. The van der Waals surface area contributed by atoms with Crippen LogP contribution in [0.2, 0.25) is 5.02 Å². The zero-order chi connectivity index (χ0) is 22.7. The summed E-state index contributed by atoms with van der Waals surface area (Å²) in [6, 6.07) is 11.7. The second kappa shape index (κ2) is 9.31. The van der Waals surface area contributed by atoms with E-state index in [1.165, 1.54) is 12.1 Å². The summed E-state index contributed by atoms with van der Waals surface area (Å²) in [6.07, 6.45) is -4.44. The standard InChI is InChI=1S/C20H12ClF3N4O2S2/c21-14-6-4-11(5-7-14)17-27-28-19(30-17)32-10-16(29)26-18-25-15(9-31-18)12-2-1-3-13(8-12)20(22,23)24/h1-9H,10H2,(H,25,26,29). The van der Waals surface area contributed by atoms with Gasteiger partial charge in [0.15, 0.2) is 5.13 Å². The third-order valence-corrected chi connectivity index (χ3v) is 5.89. The fourth-order valence-electron chi connectivity index (χ4n) is 2.58. The first kappa shape index (κ1) is 22.3. The molecule has 0 saturated heterocycles. The van der Waals surface area contributed by atoms with Crippen LogP contribution in [0, 0.1) is 0 Å². The maximum atomic E-state index is 12.9. The Kier molecular flexibility index (Phi) is 6.49. The van der Waals surface area contributed by atoms with Crippen LogP contribution in [-0.4, -0.2) is 26.8 Å². The van der Waals surface area contributed by atoms with Crippen molar-refractivity contribution in [1.82, 2.24) is 15.2 Å². The van der Waals surface area contributed by atoms with Crippen molar-refractivity contribution in [2.45, 2.75) is 11.4 Å². The second-order valence-electron chi connectivity index (χ2n) is 6.33. The predicted octanol–water partition coefficient (Wildman–Crippen LogP) is 6.26. The number of anilines is 1. The van der Waals surface area contributed by atoms with Crippen molar-refractivity contribution < 1.29 is 22.4 Å². The van der Waals surface area contributed by atoms with Crippen LogP contribution in [0.25, 0.3) is 22.7 Å². The van der Waals surface area contributed by atoms with E-state index in [1.54, 1.807) is 29.6 Å². The lowest BCUT2D eigenvalue weighted by molar-refractivity contribution is -0.137. The minimum atomic E-state index is -4.44. The SMILES string of the molecule is O=C(CSc1nnc(-c2ccc(Cl)cc2)o1)Nc1nc(-c2cccc(C(F)(F)F)c2)cs1. The largest absolute Gasteiger partial charge is 0.416 e. The smallest absolute Gasteiger partial charge is 0.411 e.